The molecule has 1 aromatic rings. The zero-order chi connectivity index (χ0) is 15.0. The molecule has 3 heterocycles. The first-order valence-corrected chi connectivity index (χ1v) is 10.2. The molecule has 8 heteroatoms. The summed E-state index contributed by atoms with van der Waals surface area (Å²) in [5.74, 6) is 0. The number of hydrogen-bond acceptors (Lipinski definition) is 5. The van der Waals surface area contributed by atoms with Gasteiger partial charge in [0.25, 0.3) is 0 Å². The van der Waals surface area contributed by atoms with Gasteiger partial charge in [0, 0.05) is 24.5 Å². The Bertz CT molecular complexity index is 605. The summed E-state index contributed by atoms with van der Waals surface area (Å²) >= 11 is 4.89. The fourth-order valence-electron chi connectivity index (χ4n) is 2.82. The number of rotatable bonds is 5. The highest BCUT2D eigenvalue weighted by molar-refractivity contribution is 9.11. The number of sulfonamides is 1. The van der Waals surface area contributed by atoms with Crippen LogP contribution in [0.3, 0.4) is 0 Å². The van der Waals surface area contributed by atoms with Crippen LogP contribution in [-0.4, -0.2) is 44.6 Å². The molecule has 5 nitrogen and oxygen atoms in total. The van der Waals surface area contributed by atoms with Gasteiger partial charge in [0.2, 0.25) is 10.0 Å². The third-order valence-electron chi connectivity index (χ3n) is 3.88. The van der Waals surface area contributed by atoms with Crippen LogP contribution in [0.1, 0.15) is 24.6 Å². The molecule has 0 aliphatic carbocycles. The maximum atomic E-state index is 12.8. The first kappa shape index (κ1) is 15.9. The lowest BCUT2D eigenvalue weighted by atomic mass is 10.2. The first-order chi connectivity index (χ1) is 10.0. The standard InChI is InChI=1S/C13H19BrN2O3S2/c1-2-15-6-11-5-12(13(14)20-11)21(17,18)16-7-9-3-4-10(8-16)19-9/h5,9-10,15H,2-4,6-8H2,1H3. The number of nitrogens with zero attached hydrogens (tertiary/aromatic N) is 1. The van der Waals surface area contributed by atoms with Gasteiger partial charge in [-0.1, -0.05) is 6.92 Å². The number of hydrogen-bond donors (Lipinski definition) is 1. The maximum absolute atomic E-state index is 12.8. The highest BCUT2D eigenvalue weighted by Gasteiger charge is 2.40. The van der Waals surface area contributed by atoms with Crippen LogP contribution in [0.2, 0.25) is 0 Å². The molecule has 0 radical (unpaired) electrons. The van der Waals surface area contributed by atoms with Crippen LogP contribution in [0.5, 0.6) is 0 Å². The molecule has 0 spiro atoms. The highest BCUT2D eigenvalue weighted by atomic mass is 79.9. The van der Waals surface area contributed by atoms with E-state index in [1.807, 2.05) is 6.92 Å². The Kier molecular flexibility index (Phi) is 4.73. The van der Waals surface area contributed by atoms with E-state index in [2.05, 4.69) is 21.2 Å². The van der Waals surface area contributed by atoms with Crippen molar-refractivity contribution in [3.05, 3.63) is 14.7 Å². The zero-order valence-corrected chi connectivity index (χ0v) is 15.1. The van der Waals surface area contributed by atoms with Crippen LogP contribution in [0, 0.1) is 0 Å². The molecule has 3 rings (SSSR count). The van der Waals surface area contributed by atoms with E-state index >= 15 is 0 Å². The van der Waals surface area contributed by atoms with Gasteiger partial charge >= 0.3 is 0 Å². The summed E-state index contributed by atoms with van der Waals surface area (Å²) in [4.78, 5) is 1.42. The number of thiophene rings is 1. The monoisotopic (exact) mass is 394 g/mol. The maximum Gasteiger partial charge on any atom is 0.245 e. The lowest BCUT2D eigenvalue weighted by Crippen LogP contribution is -2.45. The Morgan fingerprint density at radius 1 is 1.43 bits per heavy atom. The summed E-state index contributed by atoms with van der Waals surface area (Å²) in [5, 5.41) is 3.22. The Labute approximate surface area is 137 Å². The summed E-state index contributed by atoms with van der Waals surface area (Å²) in [6.07, 6.45) is 2.06. The van der Waals surface area contributed by atoms with E-state index in [0.717, 1.165) is 24.3 Å². The van der Waals surface area contributed by atoms with Crippen molar-refractivity contribution in [1.82, 2.24) is 9.62 Å². The fourth-order valence-corrected chi connectivity index (χ4v) is 6.93. The van der Waals surface area contributed by atoms with Gasteiger partial charge in [0.1, 0.15) is 4.90 Å². The molecule has 2 saturated heterocycles. The van der Waals surface area contributed by atoms with Gasteiger partial charge in [-0.25, -0.2) is 8.42 Å². The summed E-state index contributed by atoms with van der Waals surface area (Å²) in [5.41, 5.74) is 0. The minimum absolute atomic E-state index is 0.0668. The Hall–Kier alpha value is 0.01000. The number of morpholine rings is 1. The normalized spacial score (nSPS) is 26.4. The molecule has 2 atom stereocenters. The SMILES string of the molecule is CCNCc1cc(S(=O)(=O)N2CC3CCC(C2)O3)c(Br)s1. The van der Waals surface area contributed by atoms with E-state index in [4.69, 9.17) is 4.74 Å². The average Bonchev–Trinajstić information content (AvgIpc) is 2.99. The molecule has 0 aromatic carbocycles. The Balaban J connectivity index is 1.83. The Morgan fingerprint density at radius 2 is 2.10 bits per heavy atom. The minimum Gasteiger partial charge on any atom is -0.372 e. The van der Waals surface area contributed by atoms with E-state index in [9.17, 15) is 8.42 Å². The van der Waals surface area contributed by atoms with Crippen LogP contribution < -0.4 is 5.32 Å². The van der Waals surface area contributed by atoms with Crippen LogP contribution in [-0.2, 0) is 21.3 Å². The topological polar surface area (TPSA) is 58.6 Å². The van der Waals surface area contributed by atoms with E-state index in [0.29, 0.717) is 28.3 Å². The van der Waals surface area contributed by atoms with E-state index < -0.39 is 10.0 Å². The predicted molar refractivity (Wildman–Crippen MR) is 86.1 cm³/mol. The smallest absolute Gasteiger partial charge is 0.245 e. The van der Waals surface area contributed by atoms with Gasteiger partial charge in [0.15, 0.2) is 0 Å². The van der Waals surface area contributed by atoms with Crippen molar-refractivity contribution in [2.75, 3.05) is 19.6 Å². The molecule has 2 aliphatic rings. The number of nitrogens with one attached hydrogen (secondary N) is 1. The molecular formula is C13H19BrN2O3S2. The minimum atomic E-state index is -3.43. The zero-order valence-electron chi connectivity index (χ0n) is 11.8. The molecule has 2 fully saturated rings. The fraction of sp³-hybridized carbons (Fsp3) is 0.692. The van der Waals surface area contributed by atoms with Gasteiger partial charge in [-0.15, -0.1) is 11.3 Å². The second-order valence-corrected chi connectivity index (χ2v) is 9.77. The summed E-state index contributed by atoms with van der Waals surface area (Å²) < 4.78 is 33.7. The largest absolute Gasteiger partial charge is 0.372 e. The summed E-state index contributed by atoms with van der Waals surface area (Å²) in [6, 6.07) is 1.78. The molecule has 2 unspecified atom stereocenters. The molecule has 1 aromatic heterocycles. The van der Waals surface area contributed by atoms with E-state index in [1.54, 1.807) is 10.4 Å². The van der Waals surface area contributed by atoms with Crippen molar-refractivity contribution < 1.29 is 13.2 Å². The molecule has 2 bridgehead atoms. The third-order valence-corrected chi connectivity index (χ3v) is 7.97. The van der Waals surface area contributed by atoms with Crippen LogP contribution >= 0.6 is 27.3 Å². The van der Waals surface area contributed by atoms with Gasteiger partial charge < -0.3 is 10.1 Å². The molecule has 0 saturated carbocycles. The van der Waals surface area contributed by atoms with Crippen molar-refractivity contribution in [3.63, 3.8) is 0 Å². The second-order valence-electron chi connectivity index (χ2n) is 5.41. The lowest BCUT2D eigenvalue weighted by Gasteiger charge is -2.31. The van der Waals surface area contributed by atoms with Crippen LogP contribution in [0.25, 0.3) is 0 Å². The van der Waals surface area contributed by atoms with E-state index in [1.165, 1.54) is 11.3 Å². The van der Waals surface area contributed by atoms with Gasteiger partial charge in [-0.2, -0.15) is 4.31 Å². The number of ether oxygens (including phenoxy) is 1. The number of fused-ring (bicyclic) bond motifs is 2. The van der Waals surface area contributed by atoms with Crippen molar-refractivity contribution in [2.24, 2.45) is 0 Å². The molecule has 21 heavy (non-hydrogen) atoms. The third kappa shape index (κ3) is 3.20. The van der Waals surface area contributed by atoms with Crippen molar-refractivity contribution >= 4 is 37.3 Å². The summed E-state index contributed by atoms with van der Waals surface area (Å²) in [7, 11) is -3.43. The van der Waals surface area contributed by atoms with Crippen molar-refractivity contribution in [1.29, 1.82) is 0 Å². The molecule has 2 aliphatic heterocycles. The summed E-state index contributed by atoms with van der Waals surface area (Å²) in [6.45, 7) is 4.55. The number of halogens is 1. The lowest BCUT2D eigenvalue weighted by molar-refractivity contribution is -0.0114. The molecule has 0 amide bonds. The average molecular weight is 395 g/mol. The van der Waals surface area contributed by atoms with Crippen molar-refractivity contribution in [3.8, 4) is 0 Å². The van der Waals surface area contributed by atoms with Crippen molar-refractivity contribution in [2.45, 2.75) is 43.4 Å². The van der Waals surface area contributed by atoms with Crippen LogP contribution in [0.15, 0.2) is 14.7 Å². The predicted octanol–water partition coefficient (Wildman–Crippen LogP) is 2.17. The molecular weight excluding hydrogens is 376 g/mol. The first-order valence-electron chi connectivity index (χ1n) is 7.15. The van der Waals surface area contributed by atoms with Gasteiger partial charge in [-0.05, 0) is 41.4 Å². The van der Waals surface area contributed by atoms with E-state index in [-0.39, 0.29) is 12.2 Å². The second kappa shape index (κ2) is 6.25. The van der Waals surface area contributed by atoms with Gasteiger partial charge in [0.05, 0.1) is 16.0 Å². The molecule has 1 N–H and O–H groups in total. The van der Waals surface area contributed by atoms with Crippen LogP contribution in [0.4, 0.5) is 0 Å². The highest BCUT2D eigenvalue weighted by Crippen LogP contribution is 2.36. The molecule has 118 valence electrons. The Morgan fingerprint density at radius 3 is 2.71 bits per heavy atom. The van der Waals surface area contributed by atoms with Gasteiger partial charge in [-0.3, -0.25) is 0 Å². The quantitative estimate of drug-likeness (QED) is 0.831.